The van der Waals surface area contributed by atoms with Gasteiger partial charge < -0.3 is 15.3 Å². The molecule has 1 heterocycles. The maximum atomic E-state index is 9.81. The van der Waals surface area contributed by atoms with Crippen molar-refractivity contribution in [1.29, 1.82) is 0 Å². The highest BCUT2D eigenvalue weighted by atomic mass is 16.3. The van der Waals surface area contributed by atoms with Crippen LogP contribution in [-0.2, 0) is 6.42 Å². The first kappa shape index (κ1) is 14.9. The number of nitrogens with zero attached hydrogens (tertiary/aromatic N) is 2. The van der Waals surface area contributed by atoms with Crippen molar-refractivity contribution < 1.29 is 5.11 Å². The monoisotopic (exact) mass is 289 g/mol. The molecule has 1 aromatic rings. The van der Waals surface area contributed by atoms with E-state index in [-0.39, 0.29) is 12.1 Å². The molecule has 116 valence electrons. The molecule has 0 radical (unpaired) electrons. The van der Waals surface area contributed by atoms with Gasteiger partial charge in [0.05, 0.1) is 6.61 Å². The molecular weight excluding hydrogens is 262 g/mol. The summed E-state index contributed by atoms with van der Waals surface area (Å²) in [4.78, 5) is 6.84. The smallest absolute Gasteiger partial charge is 0.0614 e. The first-order valence-electron chi connectivity index (χ1n) is 8.19. The van der Waals surface area contributed by atoms with E-state index in [4.69, 9.17) is 0 Å². The molecule has 2 N–H and O–H groups in total. The largest absolute Gasteiger partial charge is 0.394 e. The van der Waals surface area contributed by atoms with Gasteiger partial charge in [-0.2, -0.15) is 0 Å². The van der Waals surface area contributed by atoms with Gasteiger partial charge in [-0.1, -0.05) is 6.07 Å². The van der Waals surface area contributed by atoms with E-state index in [1.54, 1.807) is 0 Å². The van der Waals surface area contributed by atoms with Gasteiger partial charge in [0.25, 0.3) is 0 Å². The first-order chi connectivity index (χ1) is 10.2. The van der Waals surface area contributed by atoms with Crippen molar-refractivity contribution >= 4 is 0 Å². The molecule has 0 saturated heterocycles. The van der Waals surface area contributed by atoms with Crippen LogP contribution in [0.15, 0.2) is 24.4 Å². The van der Waals surface area contributed by atoms with E-state index in [1.165, 1.54) is 19.3 Å². The Morgan fingerprint density at radius 1 is 1.38 bits per heavy atom. The third kappa shape index (κ3) is 3.82. The lowest BCUT2D eigenvalue weighted by atomic mass is 9.98. The number of nitrogens with one attached hydrogen (secondary N) is 1. The van der Waals surface area contributed by atoms with Crippen LogP contribution in [0.1, 0.15) is 37.8 Å². The predicted octanol–water partition coefficient (Wildman–Crippen LogP) is 1.59. The molecule has 21 heavy (non-hydrogen) atoms. The fourth-order valence-electron chi connectivity index (χ4n) is 3.47. The van der Waals surface area contributed by atoms with Crippen molar-refractivity contribution in [3.8, 4) is 0 Å². The molecule has 0 aromatic carbocycles. The Morgan fingerprint density at radius 2 is 2.24 bits per heavy atom. The molecule has 2 unspecified atom stereocenters. The van der Waals surface area contributed by atoms with Crippen molar-refractivity contribution in [3.05, 3.63) is 30.1 Å². The molecule has 0 aliphatic heterocycles. The lowest BCUT2D eigenvalue weighted by molar-refractivity contribution is 0.149. The van der Waals surface area contributed by atoms with Gasteiger partial charge in [0.2, 0.25) is 0 Å². The van der Waals surface area contributed by atoms with Gasteiger partial charge in [0, 0.05) is 42.5 Å². The van der Waals surface area contributed by atoms with Crippen molar-refractivity contribution in [3.63, 3.8) is 0 Å². The SMILES string of the molecule is CN(CCc1ccccn1)C1CCC(CO)(NC2CC2)C1. The summed E-state index contributed by atoms with van der Waals surface area (Å²) in [6, 6.07) is 7.34. The van der Waals surface area contributed by atoms with Crippen LogP contribution in [0.5, 0.6) is 0 Å². The van der Waals surface area contributed by atoms with Gasteiger partial charge in [0.1, 0.15) is 0 Å². The van der Waals surface area contributed by atoms with Crippen LogP contribution >= 0.6 is 0 Å². The number of likely N-dealkylation sites (N-methyl/N-ethyl adjacent to an activating group) is 1. The van der Waals surface area contributed by atoms with Crippen LogP contribution < -0.4 is 5.32 Å². The van der Waals surface area contributed by atoms with Crippen LogP contribution in [-0.4, -0.2) is 52.8 Å². The molecule has 2 atom stereocenters. The van der Waals surface area contributed by atoms with E-state index in [9.17, 15) is 5.11 Å². The number of aliphatic hydroxyl groups excluding tert-OH is 1. The molecule has 2 saturated carbocycles. The second-order valence-electron chi connectivity index (χ2n) is 6.81. The minimum atomic E-state index is -0.0227. The number of hydrogen-bond donors (Lipinski definition) is 2. The molecule has 4 heteroatoms. The van der Waals surface area contributed by atoms with Crippen LogP contribution in [0, 0.1) is 0 Å². The van der Waals surface area contributed by atoms with E-state index in [2.05, 4.69) is 28.3 Å². The van der Waals surface area contributed by atoms with E-state index >= 15 is 0 Å². The molecule has 4 nitrogen and oxygen atoms in total. The van der Waals surface area contributed by atoms with Gasteiger partial charge in [-0.3, -0.25) is 4.98 Å². The Hall–Kier alpha value is -0.970. The fraction of sp³-hybridized carbons (Fsp3) is 0.706. The maximum absolute atomic E-state index is 9.81. The number of rotatable bonds is 7. The Morgan fingerprint density at radius 3 is 2.90 bits per heavy atom. The van der Waals surface area contributed by atoms with Crippen LogP contribution in [0.2, 0.25) is 0 Å². The zero-order valence-corrected chi connectivity index (χ0v) is 13.0. The van der Waals surface area contributed by atoms with E-state index < -0.39 is 0 Å². The van der Waals surface area contributed by atoms with Crippen LogP contribution in [0.3, 0.4) is 0 Å². The van der Waals surface area contributed by atoms with Crippen molar-refractivity contribution in [1.82, 2.24) is 15.2 Å². The number of hydrogen-bond acceptors (Lipinski definition) is 4. The average molecular weight is 289 g/mol. The standard InChI is InChI=1S/C17H27N3O/c1-20(11-8-14-4-2-3-10-18-14)16-7-9-17(12-16,13-21)19-15-5-6-15/h2-4,10,15-16,19,21H,5-9,11-13H2,1H3. The highest BCUT2D eigenvalue weighted by Gasteiger charge is 2.42. The minimum Gasteiger partial charge on any atom is -0.394 e. The third-order valence-corrected chi connectivity index (χ3v) is 5.04. The molecule has 0 bridgehead atoms. The second-order valence-corrected chi connectivity index (χ2v) is 6.81. The summed E-state index contributed by atoms with van der Waals surface area (Å²) < 4.78 is 0. The lowest BCUT2D eigenvalue weighted by Gasteiger charge is -2.31. The minimum absolute atomic E-state index is 0.0227. The quantitative estimate of drug-likeness (QED) is 0.800. The van der Waals surface area contributed by atoms with Gasteiger partial charge >= 0.3 is 0 Å². The molecule has 0 amide bonds. The normalized spacial score (nSPS) is 29.2. The van der Waals surface area contributed by atoms with E-state index in [0.29, 0.717) is 12.1 Å². The molecule has 2 fully saturated rings. The second kappa shape index (κ2) is 6.42. The number of aliphatic hydroxyl groups is 1. The maximum Gasteiger partial charge on any atom is 0.0614 e. The number of pyridine rings is 1. The summed E-state index contributed by atoms with van der Waals surface area (Å²) >= 11 is 0. The van der Waals surface area contributed by atoms with Gasteiger partial charge in [-0.05, 0) is 51.3 Å². The average Bonchev–Trinajstić information content (AvgIpc) is 3.23. The predicted molar refractivity (Wildman–Crippen MR) is 84.2 cm³/mol. The Kier molecular flexibility index (Phi) is 4.57. The fourth-order valence-corrected chi connectivity index (χ4v) is 3.47. The van der Waals surface area contributed by atoms with Crippen molar-refractivity contribution in [2.24, 2.45) is 0 Å². The van der Waals surface area contributed by atoms with Crippen LogP contribution in [0.4, 0.5) is 0 Å². The van der Waals surface area contributed by atoms with Crippen LogP contribution in [0.25, 0.3) is 0 Å². The molecule has 3 rings (SSSR count). The van der Waals surface area contributed by atoms with Crippen molar-refractivity contribution in [2.75, 3.05) is 20.2 Å². The summed E-state index contributed by atoms with van der Waals surface area (Å²) in [6.07, 6.45) is 8.76. The van der Waals surface area contributed by atoms with Gasteiger partial charge in [0.15, 0.2) is 0 Å². The zero-order chi connectivity index (χ0) is 14.7. The number of aromatic nitrogens is 1. The van der Waals surface area contributed by atoms with E-state index in [1.807, 2.05) is 18.3 Å². The molecule has 2 aliphatic rings. The molecular formula is C17H27N3O. The molecule has 2 aliphatic carbocycles. The third-order valence-electron chi connectivity index (χ3n) is 5.04. The summed E-state index contributed by atoms with van der Waals surface area (Å²) in [5.41, 5.74) is 1.14. The summed E-state index contributed by atoms with van der Waals surface area (Å²) in [6.45, 7) is 1.31. The van der Waals surface area contributed by atoms with E-state index in [0.717, 1.165) is 31.5 Å². The molecule has 1 aromatic heterocycles. The zero-order valence-electron chi connectivity index (χ0n) is 13.0. The lowest BCUT2D eigenvalue weighted by Crippen LogP contribution is -2.48. The van der Waals surface area contributed by atoms with Crippen molar-refractivity contribution in [2.45, 2.75) is 56.1 Å². The Balaban J connectivity index is 1.50. The summed E-state index contributed by atoms with van der Waals surface area (Å²) in [7, 11) is 2.21. The summed E-state index contributed by atoms with van der Waals surface area (Å²) in [5, 5.41) is 13.5. The van der Waals surface area contributed by atoms with Gasteiger partial charge in [-0.25, -0.2) is 0 Å². The van der Waals surface area contributed by atoms with Gasteiger partial charge in [-0.15, -0.1) is 0 Å². The summed E-state index contributed by atoms with van der Waals surface area (Å²) in [5.74, 6) is 0. The highest BCUT2D eigenvalue weighted by Crippen LogP contribution is 2.35. The first-order valence-corrected chi connectivity index (χ1v) is 8.19. The highest BCUT2D eigenvalue weighted by molar-refractivity contribution is 5.05. The topological polar surface area (TPSA) is 48.4 Å². The Bertz CT molecular complexity index is 449. The Labute approximate surface area is 127 Å². The molecule has 0 spiro atoms.